The van der Waals surface area contributed by atoms with Crippen LogP contribution >= 0.6 is 0 Å². The molecule has 0 radical (unpaired) electrons. The third-order valence-electron chi connectivity index (χ3n) is 2.81. The van der Waals surface area contributed by atoms with Crippen LogP contribution in [0.1, 0.15) is 6.42 Å². The van der Waals surface area contributed by atoms with Crippen molar-refractivity contribution in [3.05, 3.63) is 24.3 Å². The third kappa shape index (κ3) is 3.03. The van der Waals surface area contributed by atoms with Gasteiger partial charge in [0.05, 0.1) is 12.3 Å². The second-order valence-electron chi connectivity index (χ2n) is 4.17. The number of para-hydroxylation sites is 2. The van der Waals surface area contributed by atoms with Crippen molar-refractivity contribution < 1.29 is 14.3 Å². The predicted octanol–water partition coefficient (Wildman–Crippen LogP) is -0.123. The number of benzene rings is 1. The van der Waals surface area contributed by atoms with E-state index in [1.807, 2.05) is 12.1 Å². The van der Waals surface area contributed by atoms with Gasteiger partial charge in [0.25, 0.3) is 0 Å². The number of fused-ring (bicyclic) bond motifs is 1. The van der Waals surface area contributed by atoms with Crippen molar-refractivity contribution in [2.45, 2.75) is 6.42 Å². The van der Waals surface area contributed by atoms with E-state index in [0.29, 0.717) is 37.6 Å². The molecular weight excluding hydrogens is 246 g/mol. The molecule has 19 heavy (non-hydrogen) atoms. The van der Waals surface area contributed by atoms with Crippen molar-refractivity contribution in [2.24, 2.45) is 5.73 Å². The molecule has 1 aromatic carbocycles. The summed E-state index contributed by atoms with van der Waals surface area (Å²) < 4.78 is 5.54. The van der Waals surface area contributed by atoms with Gasteiger partial charge in [-0.1, -0.05) is 12.1 Å². The fourth-order valence-corrected chi connectivity index (χ4v) is 1.92. The fraction of sp³-hybridized carbons (Fsp3) is 0.385. The van der Waals surface area contributed by atoms with E-state index in [2.05, 4.69) is 5.32 Å². The lowest BCUT2D eigenvalue weighted by Crippen LogP contribution is -2.44. The van der Waals surface area contributed by atoms with Gasteiger partial charge < -0.3 is 20.7 Å². The Kier molecular flexibility index (Phi) is 4.35. The van der Waals surface area contributed by atoms with Gasteiger partial charge in [-0.2, -0.15) is 0 Å². The quantitative estimate of drug-likeness (QED) is 0.728. The standard InChI is InChI=1S/C13H17N3O3/c14-6-7-15-12(17)13(18)16-8-3-9-19-11-5-2-1-4-10(11)16/h1-2,4-5H,3,6-9,14H2,(H,15,17). The normalized spacial score (nSPS) is 14.1. The van der Waals surface area contributed by atoms with Crippen molar-refractivity contribution >= 4 is 17.5 Å². The van der Waals surface area contributed by atoms with Gasteiger partial charge in [0.2, 0.25) is 0 Å². The number of hydrogen-bond donors (Lipinski definition) is 2. The topological polar surface area (TPSA) is 84.7 Å². The second-order valence-corrected chi connectivity index (χ2v) is 4.17. The van der Waals surface area contributed by atoms with E-state index in [0.717, 1.165) is 0 Å². The summed E-state index contributed by atoms with van der Waals surface area (Å²) in [4.78, 5) is 25.3. The first-order chi connectivity index (χ1) is 9.24. The number of carbonyl (C=O) groups is 2. The Bertz CT molecular complexity index is 476. The van der Waals surface area contributed by atoms with Gasteiger partial charge in [0.15, 0.2) is 0 Å². The molecule has 0 unspecified atom stereocenters. The van der Waals surface area contributed by atoms with Crippen LogP contribution in [0.2, 0.25) is 0 Å². The van der Waals surface area contributed by atoms with Gasteiger partial charge in [-0.25, -0.2) is 0 Å². The number of carbonyl (C=O) groups excluding carboxylic acids is 2. The average Bonchev–Trinajstić information content (AvgIpc) is 2.66. The molecule has 2 amide bonds. The maximum absolute atomic E-state index is 12.1. The first-order valence-corrected chi connectivity index (χ1v) is 6.25. The van der Waals surface area contributed by atoms with E-state index >= 15 is 0 Å². The van der Waals surface area contributed by atoms with Crippen LogP contribution in [-0.4, -0.2) is 38.1 Å². The Morgan fingerprint density at radius 2 is 2.16 bits per heavy atom. The van der Waals surface area contributed by atoms with Crippen molar-refractivity contribution in [3.63, 3.8) is 0 Å². The maximum Gasteiger partial charge on any atom is 0.316 e. The lowest BCUT2D eigenvalue weighted by atomic mass is 10.2. The molecule has 0 saturated carbocycles. The Hall–Kier alpha value is -2.08. The molecule has 6 heteroatoms. The first-order valence-electron chi connectivity index (χ1n) is 6.25. The molecule has 0 atom stereocenters. The minimum Gasteiger partial charge on any atom is -0.491 e. The van der Waals surface area contributed by atoms with Crippen molar-refractivity contribution in [2.75, 3.05) is 31.1 Å². The van der Waals surface area contributed by atoms with E-state index < -0.39 is 11.8 Å². The molecule has 2 rings (SSSR count). The van der Waals surface area contributed by atoms with Crippen LogP contribution in [0.3, 0.4) is 0 Å². The molecular formula is C13H17N3O3. The van der Waals surface area contributed by atoms with Gasteiger partial charge in [-0.3, -0.25) is 9.59 Å². The fourth-order valence-electron chi connectivity index (χ4n) is 1.92. The molecule has 3 N–H and O–H groups in total. The highest BCUT2D eigenvalue weighted by atomic mass is 16.5. The Labute approximate surface area is 111 Å². The van der Waals surface area contributed by atoms with Crippen LogP contribution in [0.25, 0.3) is 0 Å². The largest absolute Gasteiger partial charge is 0.491 e. The molecule has 0 aromatic heterocycles. The van der Waals surface area contributed by atoms with Crippen LogP contribution in [0.15, 0.2) is 24.3 Å². The van der Waals surface area contributed by atoms with E-state index in [1.165, 1.54) is 4.90 Å². The van der Waals surface area contributed by atoms with Crippen LogP contribution in [0.5, 0.6) is 5.75 Å². The van der Waals surface area contributed by atoms with E-state index in [4.69, 9.17) is 10.5 Å². The van der Waals surface area contributed by atoms with Crippen LogP contribution in [-0.2, 0) is 9.59 Å². The van der Waals surface area contributed by atoms with Gasteiger partial charge >= 0.3 is 11.8 Å². The van der Waals surface area contributed by atoms with E-state index in [1.54, 1.807) is 12.1 Å². The van der Waals surface area contributed by atoms with Gasteiger partial charge in [0.1, 0.15) is 5.75 Å². The zero-order valence-corrected chi connectivity index (χ0v) is 10.6. The average molecular weight is 263 g/mol. The van der Waals surface area contributed by atoms with E-state index in [9.17, 15) is 9.59 Å². The lowest BCUT2D eigenvalue weighted by Gasteiger charge is -2.20. The van der Waals surface area contributed by atoms with E-state index in [-0.39, 0.29) is 6.54 Å². The number of ether oxygens (including phenoxy) is 1. The van der Waals surface area contributed by atoms with Crippen molar-refractivity contribution in [1.82, 2.24) is 5.32 Å². The van der Waals surface area contributed by atoms with Crippen molar-refractivity contribution in [3.8, 4) is 5.75 Å². The van der Waals surface area contributed by atoms with Gasteiger partial charge in [0, 0.05) is 19.6 Å². The molecule has 0 spiro atoms. The molecule has 0 fully saturated rings. The number of nitrogens with two attached hydrogens (primary N) is 1. The van der Waals surface area contributed by atoms with Gasteiger partial charge in [-0.15, -0.1) is 0 Å². The number of anilines is 1. The molecule has 1 aliphatic rings. The number of hydrogen-bond acceptors (Lipinski definition) is 4. The summed E-state index contributed by atoms with van der Waals surface area (Å²) in [7, 11) is 0. The Balaban J connectivity index is 2.19. The molecule has 0 bridgehead atoms. The lowest BCUT2D eigenvalue weighted by molar-refractivity contribution is -0.137. The van der Waals surface area contributed by atoms with Gasteiger partial charge in [-0.05, 0) is 18.6 Å². The molecule has 0 saturated heterocycles. The minimum absolute atomic E-state index is 0.288. The van der Waals surface area contributed by atoms with Crippen LogP contribution < -0.4 is 20.7 Å². The summed E-state index contributed by atoms with van der Waals surface area (Å²) >= 11 is 0. The highest BCUT2D eigenvalue weighted by molar-refractivity contribution is 6.40. The summed E-state index contributed by atoms with van der Waals surface area (Å²) in [5.74, 6) is -0.589. The van der Waals surface area contributed by atoms with Crippen LogP contribution in [0.4, 0.5) is 5.69 Å². The van der Waals surface area contributed by atoms with Crippen molar-refractivity contribution in [1.29, 1.82) is 0 Å². The molecule has 102 valence electrons. The summed E-state index contributed by atoms with van der Waals surface area (Å²) in [5, 5.41) is 2.48. The predicted molar refractivity (Wildman–Crippen MR) is 71.0 cm³/mol. The second kappa shape index (κ2) is 6.19. The maximum atomic E-state index is 12.1. The number of rotatable bonds is 2. The Morgan fingerprint density at radius 3 is 2.95 bits per heavy atom. The zero-order chi connectivity index (χ0) is 13.7. The smallest absolute Gasteiger partial charge is 0.316 e. The number of amides is 2. The molecule has 1 aliphatic heterocycles. The third-order valence-corrected chi connectivity index (χ3v) is 2.81. The highest BCUT2D eigenvalue weighted by Crippen LogP contribution is 2.30. The monoisotopic (exact) mass is 263 g/mol. The highest BCUT2D eigenvalue weighted by Gasteiger charge is 2.26. The summed E-state index contributed by atoms with van der Waals surface area (Å²) in [6.07, 6.45) is 0.685. The van der Waals surface area contributed by atoms with Crippen LogP contribution in [0, 0.1) is 0 Å². The number of nitrogens with one attached hydrogen (secondary N) is 1. The molecule has 6 nitrogen and oxygen atoms in total. The summed E-state index contributed by atoms with van der Waals surface area (Å²) in [6, 6.07) is 7.21. The number of nitrogens with zero attached hydrogens (tertiary/aromatic N) is 1. The minimum atomic E-state index is -0.637. The zero-order valence-electron chi connectivity index (χ0n) is 10.6. The Morgan fingerprint density at radius 1 is 1.37 bits per heavy atom. The molecule has 1 heterocycles. The molecule has 0 aliphatic carbocycles. The first kappa shape index (κ1) is 13.4. The summed E-state index contributed by atoms with van der Waals surface area (Å²) in [5.41, 5.74) is 5.93. The summed E-state index contributed by atoms with van der Waals surface area (Å²) in [6.45, 7) is 1.59. The molecule has 1 aromatic rings. The SMILES string of the molecule is NCCNC(=O)C(=O)N1CCCOc2ccccc21.